The molecule has 2 aromatic rings. The Hall–Kier alpha value is -3.27. The van der Waals surface area contributed by atoms with Crippen LogP contribution in [0.15, 0.2) is 30.3 Å². The summed E-state index contributed by atoms with van der Waals surface area (Å²) in [6.07, 6.45) is 1.76. The number of Topliss-reactive ketones (excluding diaryl/α,β-unsaturated/α-hetero) is 2. The van der Waals surface area contributed by atoms with Crippen molar-refractivity contribution in [1.29, 1.82) is 0 Å². The number of aromatic hydroxyl groups is 1. The molecule has 1 amide bonds. The third-order valence-electron chi connectivity index (χ3n) is 7.51. The van der Waals surface area contributed by atoms with Crippen LogP contribution in [-0.2, 0) is 22.6 Å². The highest BCUT2D eigenvalue weighted by atomic mass is 16.5. The Balaban J connectivity index is 1.98. The zero-order valence-corrected chi connectivity index (χ0v) is 22.7. The summed E-state index contributed by atoms with van der Waals surface area (Å²) in [4.78, 5) is 37.3. The van der Waals surface area contributed by atoms with Crippen molar-refractivity contribution < 1.29 is 34.4 Å². The van der Waals surface area contributed by atoms with Crippen LogP contribution in [0.1, 0.15) is 60.5 Å². The Morgan fingerprint density at radius 3 is 2.56 bits per heavy atom. The maximum Gasteiger partial charge on any atom is 0.224 e. The molecular weight excluding hydrogens is 500 g/mol. The number of benzene rings is 2. The number of fused-ring (bicyclic) bond motifs is 1. The fourth-order valence-electron chi connectivity index (χ4n) is 5.68. The predicted octanol–water partition coefficient (Wildman–Crippen LogP) is 2.75. The van der Waals surface area contributed by atoms with E-state index in [1.807, 2.05) is 18.2 Å². The minimum absolute atomic E-state index is 0.0753. The summed E-state index contributed by atoms with van der Waals surface area (Å²) in [7, 11) is 1.59. The first-order valence-corrected chi connectivity index (χ1v) is 13.5. The molecule has 39 heavy (non-hydrogen) atoms. The number of hydrogen-bond acceptors (Lipinski definition) is 8. The third-order valence-corrected chi connectivity index (χ3v) is 7.51. The lowest BCUT2D eigenvalue weighted by atomic mass is 9.72. The van der Waals surface area contributed by atoms with Gasteiger partial charge in [-0.25, -0.2) is 0 Å². The fraction of sp³-hybridized carbons (Fsp3) is 0.500. The third kappa shape index (κ3) is 7.44. The van der Waals surface area contributed by atoms with Gasteiger partial charge in [-0.15, -0.1) is 0 Å². The van der Waals surface area contributed by atoms with E-state index in [0.717, 1.165) is 29.7 Å². The molecule has 0 saturated carbocycles. The highest BCUT2D eigenvalue weighted by Crippen LogP contribution is 2.43. The van der Waals surface area contributed by atoms with Gasteiger partial charge in [0.25, 0.3) is 0 Å². The van der Waals surface area contributed by atoms with Gasteiger partial charge in [0, 0.05) is 31.1 Å². The molecule has 0 spiro atoms. The van der Waals surface area contributed by atoms with Crippen LogP contribution in [0.3, 0.4) is 0 Å². The van der Waals surface area contributed by atoms with Gasteiger partial charge in [-0.05, 0) is 79.0 Å². The van der Waals surface area contributed by atoms with E-state index in [4.69, 9.17) is 10.5 Å². The van der Waals surface area contributed by atoms with Crippen molar-refractivity contribution in [1.82, 2.24) is 5.32 Å². The smallest absolute Gasteiger partial charge is 0.224 e. The van der Waals surface area contributed by atoms with E-state index < -0.39 is 36.6 Å². The Kier molecular flexibility index (Phi) is 11.0. The second kappa shape index (κ2) is 14.2. The first-order chi connectivity index (χ1) is 18.7. The number of phenolic OH excluding ortho intramolecular Hbond substituents is 1. The summed E-state index contributed by atoms with van der Waals surface area (Å²) >= 11 is 0. The van der Waals surface area contributed by atoms with Crippen LogP contribution in [-0.4, -0.2) is 59.7 Å². The molecule has 9 nitrogen and oxygen atoms in total. The normalized spacial score (nSPS) is 16.4. The predicted molar refractivity (Wildman–Crippen MR) is 147 cm³/mol. The van der Waals surface area contributed by atoms with E-state index in [0.29, 0.717) is 36.3 Å². The maximum absolute atomic E-state index is 13.3. The molecule has 212 valence electrons. The van der Waals surface area contributed by atoms with Crippen molar-refractivity contribution in [2.75, 3.05) is 26.9 Å². The van der Waals surface area contributed by atoms with Crippen LogP contribution in [0.25, 0.3) is 11.1 Å². The number of aliphatic hydroxyl groups excluding tert-OH is 2. The topological polar surface area (TPSA) is 159 Å². The fourth-order valence-corrected chi connectivity index (χ4v) is 5.68. The number of nitrogens with two attached hydrogens (primary N) is 1. The van der Waals surface area contributed by atoms with Crippen molar-refractivity contribution in [2.24, 2.45) is 23.5 Å². The van der Waals surface area contributed by atoms with Crippen LogP contribution >= 0.6 is 0 Å². The Bertz CT molecular complexity index is 1180. The molecule has 3 atom stereocenters. The van der Waals surface area contributed by atoms with Crippen molar-refractivity contribution >= 4 is 17.5 Å². The molecule has 3 rings (SSSR count). The largest absolute Gasteiger partial charge is 0.507 e. The Morgan fingerprint density at radius 1 is 1.15 bits per heavy atom. The van der Waals surface area contributed by atoms with E-state index >= 15 is 0 Å². The lowest BCUT2D eigenvalue weighted by molar-refractivity contribution is -0.131. The van der Waals surface area contributed by atoms with Crippen LogP contribution in [0.5, 0.6) is 11.5 Å². The van der Waals surface area contributed by atoms with Crippen LogP contribution in [0.2, 0.25) is 0 Å². The molecule has 0 bridgehead atoms. The molecule has 0 aliphatic heterocycles. The number of methoxy groups -OCH3 is 1. The molecule has 0 aromatic heterocycles. The molecule has 0 radical (unpaired) electrons. The number of rotatable bonds is 15. The Morgan fingerprint density at radius 2 is 1.92 bits per heavy atom. The van der Waals surface area contributed by atoms with Gasteiger partial charge in [0.2, 0.25) is 5.91 Å². The zero-order valence-electron chi connectivity index (χ0n) is 22.7. The minimum Gasteiger partial charge on any atom is -0.507 e. The number of carbonyl (C=O) groups excluding carboxylic acids is 3. The lowest BCUT2D eigenvalue weighted by Crippen LogP contribution is -2.33. The molecule has 2 aromatic carbocycles. The van der Waals surface area contributed by atoms with E-state index in [2.05, 4.69) is 12.2 Å². The quantitative estimate of drug-likeness (QED) is 0.170. The summed E-state index contributed by atoms with van der Waals surface area (Å²) in [6, 6.07) is 9.24. The number of phenols is 1. The zero-order chi connectivity index (χ0) is 28.5. The number of amides is 1. The molecule has 6 N–H and O–H groups in total. The first kappa shape index (κ1) is 30.3. The standard InChI is InChI=1S/C30H40N2O7/c1-3-9-32-16-18-4-7-28(39-2)22(12-18)21-5-6-25(35)30-23(21)13-19(14-27(30)37)11-20(8-10-33)24(17-34)26(36)15-29(31)38/h4-7,12,19-20,24,32-35H,3,8-11,13-17H2,1-2H3,(H2,31,38). The molecule has 0 heterocycles. The molecule has 9 heteroatoms. The van der Waals surface area contributed by atoms with Gasteiger partial charge in [-0.3, -0.25) is 14.4 Å². The van der Waals surface area contributed by atoms with E-state index in [-0.39, 0.29) is 36.9 Å². The number of hydrogen-bond donors (Lipinski definition) is 5. The highest BCUT2D eigenvalue weighted by Gasteiger charge is 2.35. The summed E-state index contributed by atoms with van der Waals surface area (Å²) in [5.74, 6) is -2.37. The average molecular weight is 541 g/mol. The van der Waals surface area contributed by atoms with E-state index in [1.54, 1.807) is 13.2 Å². The maximum atomic E-state index is 13.3. The average Bonchev–Trinajstić information content (AvgIpc) is 2.89. The van der Waals surface area contributed by atoms with Crippen LogP contribution < -0.4 is 15.8 Å². The van der Waals surface area contributed by atoms with E-state index in [9.17, 15) is 29.7 Å². The van der Waals surface area contributed by atoms with Gasteiger partial charge < -0.3 is 31.1 Å². The monoisotopic (exact) mass is 540 g/mol. The molecule has 1 aliphatic carbocycles. The van der Waals surface area contributed by atoms with E-state index in [1.165, 1.54) is 6.07 Å². The molecule has 0 fully saturated rings. The van der Waals surface area contributed by atoms with Gasteiger partial charge in [0.15, 0.2) is 5.78 Å². The highest BCUT2D eigenvalue weighted by molar-refractivity contribution is 6.03. The number of ether oxygens (including phenoxy) is 1. The summed E-state index contributed by atoms with van der Waals surface area (Å²) < 4.78 is 5.66. The van der Waals surface area contributed by atoms with Crippen molar-refractivity contribution in [3.63, 3.8) is 0 Å². The number of primary amides is 1. The number of ketones is 2. The second-order valence-corrected chi connectivity index (χ2v) is 10.3. The van der Waals surface area contributed by atoms with Gasteiger partial charge in [-0.2, -0.15) is 0 Å². The van der Waals surface area contributed by atoms with Crippen molar-refractivity contribution in [3.05, 3.63) is 47.0 Å². The first-order valence-electron chi connectivity index (χ1n) is 13.5. The molecule has 3 unspecified atom stereocenters. The molecular formula is C30H40N2O7. The molecule has 0 saturated heterocycles. The van der Waals surface area contributed by atoms with Gasteiger partial charge >= 0.3 is 0 Å². The van der Waals surface area contributed by atoms with Gasteiger partial charge in [0.1, 0.15) is 17.3 Å². The number of nitrogens with one attached hydrogen (secondary N) is 1. The summed E-state index contributed by atoms with van der Waals surface area (Å²) in [5.41, 5.74) is 8.86. The lowest BCUT2D eigenvalue weighted by Gasteiger charge is -2.32. The van der Waals surface area contributed by atoms with Gasteiger partial charge in [-0.1, -0.05) is 19.1 Å². The van der Waals surface area contributed by atoms with Crippen molar-refractivity contribution in [3.8, 4) is 22.6 Å². The summed E-state index contributed by atoms with van der Waals surface area (Å²) in [6.45, 7) is 2.99. The Labute approximate surface area is 229 Å². The number of carbonyl (C=O) groups is 3. The minimum atomic E-state index is -0.864. The molecule has 1 aliphatic rings. The van der Waals surface area contributed by atoms with Crippen LogP contribution in [0.4, 0.5) is 0 Å². The van der Waals surface area contributed by atoms with Gasteiger partial charge in [0.05, 0.1) is 25.7 Å². The SMILES string of the molecule is CCCNCc1ccc(OC)c(-c2ccc(O)c3c2CC(CC(CCO)C(CO)C(=O)CC(N)=O)CC3=O)c1. The van der Waals surface area contributed by atoms with Crippen LogP contribution in [0, 0.1) is 17.8 Å². The second-order valence-electron chi connectivity index (χ2n) is 10.3. The van der Waals surface area contributed by atoms with Crippen molar-refractivity contribution in [2.45, 2.75) is 52.0 Å². The summed E-state index contributed by atoms with van der Waals surface area (Å²) in [5, 5.41) is 33.7. The number of aliphatic hydroxyl groups is 2.